The smallest absolute Gasteiger partial charge is 0.336 e. The minimum absolute atomic E-state index is 0.0832. The van der Waals surface area contributed by atoms with Crippen molar-refractivity contribution in [3.05, 3.63) is 56.3 Å². The van der Waals surface area contributed by atoms with E-state index in [4.69, 9.17) is 27.9 Å². The summed E-state index contributed by atoms with van der Waals surface area (Å²) in [6.07, 6.45) is 0. The van der Waals surface area contributed by atoms with Crippen molar-refractivity contribution < 1.29 is 19.4 Å². The number of halogens is 2. The van der Waals surface area contributed by atoms with E-state index in [1.165, 1.54) is 7.11 Å². The fourth-order valence-electron chi connectivity index (χ4n) is 2.70. The summed E-state index contributed by atoms with van der Waals surface area (Å²) in [6.45, 7) is 3.25. The molecule has 0 saturated carbocycles. The van der Waals surface area contributed by atoms with Crippen molar-refractivity contribution in [3.63, 3.8) is 0 Å². The number of ether oxygens (including phenoxy) is 1. The van der Waals surface area contributed by atoms with Gasteiger partial charge in [0.1, 0.15) is 0 Å². The molecule has 1 aromatic carbocycles. The van der Waals surface area contributed by atoms with Crippen molar-refractivity contribution >= 4 is 35.1 Å². The molecule has 0 aliphatic carbocycles. The molecule has 0 fully saturated rings. The molecule has 1 aromatic rings. The number of carbonyl (C=O) groups excluding carboxylic acids is 2. The maximum Gasteiger partial charge on any atom is 0.336 e. The molecule has 1 atom stereocenters. The number of hydrogen-bond donors (Lipinski definition) is 1. The van der Waals surface area contributed by atoms with E-state index in [0.29, 0.717) is 17.0 Å². The Morgan fingerprint density at radius 2 is 1.78 bits per heavy atom. The molecule has 0 spiro atoms. The Morgan fingerprint density at radius 1 is 1.17 bits per heavy atom. The summed E-state index contributed by atoms with van der Waals surface area (Å²) in [5, 5.41) is 15.0. The molecule has 7 heteroatoms. The lowest BCUT2D eigenvalue weighted by Gasteiger charge is -2.32. The van der Waals surface area contributed by atoms with Gasteiger partial charge in [-0.3, -0.25) is 0 Å². The van der Waals surface area contributed by atoms with E-state index in [1.807, 2.05) is 0 Å². The van der Waals surface area contributed by atoms with E-state index in [9.17, 15) is 14.7 Å². The number of carboxylic acids is 1. The van der Waals surface area contributed by atoms with Crippen LogP contribution in [0.4, 0.5) is 0 Å². The molecular weight excluding hydrogens is 341 g/mol. The lowest BCUT2D eigenvalue weighted by atomic mass is 9.80. The van der Waals surface area contributed by atoms with Crippen molar-refractivity contribution in [1.82, 2.24) is 5.32 Å². The number of benzene rings is 1. The van der Waals surface area contributed by atoms with Crippen LogP contribution in [-0.4, -0.2) is 19.0 Å². The first kappa shape index (κ1) is 17.4. The van der Waals surface area contributed by atoms with Crippen LogP contribution >= 0.6 is 23.2 Å². The SMILES string of the molecule is COC(=O)C1=C(C)NC(C)=C(C(=O)[O-])[C@@H]1c1cccc(Cl)c1Cl. The Morgan fingerprint density at radius 3 is 2.35 bits per heavy atom. The van der Waals surface area contributed by atoms with E-state index in [0.717, 1.165) is 0 Å². The first-order chi connectivity index (χ1) is 10.8. The monoisotopic (exact) mass is 354 g/mol. The molecule has 0 bridgehead atoms. The fraction of sp³-hybridized carbons (Fsp3) is 0.250. The topological polar surface area (TPSA) is 78.5 Å². The van der Waals surface area contributed by atoms with E-state index in [2.05, 4.69) is 5.32 Å². The molecule has 0 unspecified atom stereocenters. The van der Waals surface area contributed by atoms with Crippen molar-refractivity contribution in [2.24, 2.45) is 0 Å². The zero-order valence-electron chi connectivity index (χ0n) is 12.7. The number of nitrogens with one attached hydrogen (secondary N) is 1. The summed E-state index contributed by atoms with van der Waals surface area (Å²) >= 11 is 12.3. The van der Waals surface area contributed by atoms with Crippen LogP contribution in [0.15, 0.2) is 40.7 Å². The third-order valence-corrected chi connectivity index (χ3v) is 4.51. The Labute approximate surface area is 143 Å². The molecule has 1 aliphatic heterocycles. The highest BCUT2D eigenvalue weighted by Crippen LogP contribution is 2.42. The largest absolute Gasteiger partial charge is 0.545 e. The Bertz CT molecular complexity index is 752. The van der Waals surface area contributed by atoms with Crippen LogP contribution in [0, 0.1) is 0 Å². The number of carboxylic acid groups (broad SMARTS) is 1. The molecule has 1 heterocycles. The standard InChI is InChI=1S/C16H15Cl2NO4/c1-7-11(15(20)21)13(9-5-4-6-10(17)14(9)18)12(8(2)19-7)16(22)23-3/h4-6,13,19H,1-3H3,(H,20,21)/p-1/t13-/m0/s1. The summed E-state index contributed by atoms with van der Waals surface area (Å²) in [5.41, 5.74) is 1.33. The summed E-state index contributed by atoms with van der Waals surface area (Å²) in [5.74, 6) is -2.98. The predicted octanol–water partition coefficient (Wildman–Crippen LogP) is 2.15. The second-order valence-electron chi connectivity index (χ2n) is 5.06. The number of rotatable bonds is 3. The van der Waals surface area contributed by atoms with Gasteiger partial charge in [0, 0.05) is 22.9 Å². The van der Waals surface area contributed by atoms with Crippen LogP contribution in [-0.2, 0) is 14.3 Å². The molecule has 0 aromatic heterocycles. The molecule has 5 nitrogen and oxygen atoms in total. The molecule has 0 saturated heterocycles. The molecule has 23 heavy (non-hydrogen) atoms. The van der Waals surface area contributed by atoms with E-state index >= 15 is 0 Å². The van der Waals surface area contributed by atoms with E-state index in [1.54, 1.807) is 32.0 Å². The number of methoxy groups -OCH3 is 1. The van der Waals surface area contributed by atoms with Crippen LogP contribution in [0.25, 0.3) is 0 Å². The summed E-state index contributed by atoms with van der Waals surface area (Å²) < 4.78 is 4.80. The molecule has 0 amide bonds. The summed E-state index contributed by atoms with van der Waals surface area (Å²) in [7, 11) is 1.23. The normalized spacial score (nSPS) is 17.9. The second kappa shape index (κ2) is 6.64. The summed E-state index contributed by atoms with van der Waals surface area (Å²) in [4.78, 5) is 23.8. The van der Waals surface area contributed by atoms with Gasteiger partial charge in [0.25, 0.3) is 0 Å². The molecule has 2 rings (SSSR count). The number of aliphatic carboxylic acids is 1. The Kier molecular flexibility index (Phi) is 5.02. The lowest BCUT2D eigenvalue weighted by Crippen LogP contribution is -2.37. The maximum absolute atomic E-state index is 12.2. The lowest BCUT2D eigenvalue weighted by molar-refractivity contribution is -0.299. The highest BCUT2D eigenvalue weighted by atomic mass is 35.5. The molecule has 1 aliphatic rings. The third kappa shape index (κ3) is 3.07. The quantitative estimate of drug-likeness (QED) is 0.841. The van der Waals surface area contributed by atoms with Gasteiger partial charge in [-0.15, -0.1) is 0 Å². The van der Waals surface area contributed by atoms with Crippen molar-refractivity contribution in [2.45, 2.75) is 19.8 Å². The van der Waals surface area contributed by atoms with Gasteiger partial charge in [-0.1, -0.05) is 35.3 Å². The predicted molar refractivity (Wildman–Crippen MR) is 84.8 cm³/mol. The Balaban J connectivity index is 2.77. The fourth-order valence-corrected chi connectivity index (χ4v) is 3.12. The minimum atomic E-state index is -1.40. The average molecular weight is 355 g/mol. The van der Waals surface area contributed by atoms with Gasteiger partial charge in [0.05, 0.1) is 28.7 Å². The molecule has 122 valence electrons. The zero-order valence-corrected chi connectivity index (χ0v) is 14.2. The van der Waals surface area contributed by atoms with Crippen LogP contribution in [0.1, 0.15) is 25.3 Å². The van der Waals surface area contributed by atoms with Crippen molar-refractivity contribution in [1.29, 1.82) is 0 Å². The van der Waals surface area contributed by atoms with Gasteiger partial charge in [-0.25, -0.2) is 4.79 Å². The maximum atomic E-state index is 12.2. The van der Waals surface area contributed by atoms with Gasteiger partial charge in [0.15, 0.2) is 0 Å². The van der Waals surface area contributed by atoms with Gasteiger partial charge >= 0.3 is 5.97 Å². The number of hydrogen-bond acceptors (Lipinski definition) is 5. The highest BCUT2D eigenvalue weighted by molar-refractivity contribution is 6.42. The third-order valence-electron chi connectivity index (χ3n) is 3.68. The Hall–Kier alpha value is -1.98. The first-order valence-corrected chi connectivity index (χ1v) is 7.47. The van der Waals surface area contributed by atoms with Crippen LogP contribution in [0.5, 0.6) is 0 Å². The average Bonchev–Trinajstić information content (AvgIpc) is 2.48. The second-order valence-corrected chi connectivity index (χ2v) is 5.84. The van der Waals surface area contributed by atoms with Crippen LogP contribution < -0.4 is 10.4 Å². The first-order valence-electron chi connectivity index (χ1n) is 6.71. The minimum Gasteiger partial charge on any atom is -0.545 e. The van der Waals surface area contributed by atoms with E-state index in [-0.39, 0.29) is 21.2 Å². The highest BCUT2D eigenvalue weighted by Gasteiger charge is 2.35. The van der Waals surface area contributed by atoms with Gasteiger partial charge in [0.2, 0.25) is 0 Å². The number of esters is 1. The molecular formula is C16H14Cl2NO4-. The van der Waals surface area contributed by atoms with Gasteiger partial charge in [-0.05, 0) is 25.5 Å². The van der Waals surface area contributed by atoms with Crippen molar-refractivity contribution in [3.8, 4) is 0 Å². The molecule has 1 N–H and O–H groups in total. The van der Waals surface area contributed by atoms with Gasteiger partial charge < -0.3 is 20.0 Å². The zero-order chi connectivity index (χ0) is 17.3. The summed E-state index contributed by atoms with van der Waals surface area (Å²) in [6, 6.07) is 4.84. The number of dihydropyridines is 1. The van der Waals surface area contributed by atoms with Gasteiger partial charge in [-0.2, -0.15) is 0 Å². The van der Waals surface area contributed by atoms with Crippen LogP contribution in [0.2, 0.25) is 10.0 Å². The van der Waals surface area contributed by atoms with Crippen LogP contribution in [0.3, 0.4) is 0 Å². The number of carbonyl (C=O) groups is 2. The molecule has 0 radical (unpaired) electrons. The van der Waals surface area contributed by atoms with E-state index < -0.39 is 17.9 Å². The number of allylic oxidation sites excluding steroid dienone is 2. The van der Waals surface area contributed by atoms with Crippen molar-refractivity contribution in [2.75, 3.05) is 7.11 Å².